The number of halogens is 2. The molecule has 8 heteroatoms. The number of sulfonamides is 1. The van der Waals surface area contributed by atoms with E-state index >= 15 is 0 Å². The number of hydrogen-bond acceptors (Lipinski definition) is 4. The Morgan fingerprint density at radius 1 is 1.24 bits per heavy atom. The van der Waals surface area contributed by atoms with Crippen molar-refractivity contribution in [3.63, 3.8) is 0 Å². The van der Waals surface area contributed by atoms with Crippen LogP contribution in [0, 0.1) is 0 Å². The molecule has 1 saturated heterocycles. The summed E-state index contributed by atoms with van der Waals surface area (Å²) in [6.07, 6.45) is 0.758. The predicted octanol–water partition coefficient (Wildman–Crippen LogP) is 1.79. The third-order valence-corrected chi connectivity index (χ3v) is 6.60. The van der Waals surface area contributed by atoms with Gasteiger partial charge < -0.3 is 5.11 Å². The minimum Gasteiger partial charge on any atom is -0.395 e. The molecule has 0 aromatic heterocycles. The first-order chi connectivity index (χ1) is 9.95. The zero-order valence-electron chi connectivity index (χ0n) is 11.5. The molecule has 0 spiro atoms. The van der Waals surface area contributed by atoms with Gasteiger partial charge in [0.15, 0.2) is 0 Å². The Morgan fingerprint density at radius 3 is 2.67 bits per heavy atom. The number of β-amino-alcohol motifs (C(OH)–C–C–N with tert-alkyl or cyclic N) is 1. The van der Waals surface area contributed by atoms with Gasteiger partial charge in [0.1, 0.15) is 0 Å². The molecule has 21 heavy (non-hydrogen) atoms. The minimum atomic E-state index is -3.51. The van der Waals surface area contributed by atoms with Gasteiger partial charge >= 0.3 is 0 Å². The van der Waals surface area contributed by atoms with Crippen molar-refractivity contribution < 1.29 is 13.5 Å². The van der Waals surface area contributed by atoms with E-state index < -0.39 is 10.0 Å². The maximum absolute atomic E-state index is 12.7. The SMILES string of the molecule is O=S(=O)(c1ccc(Cl)c(Br)c1)N1CCCN(CCO)CC1. The zero-order chi connectivity index (χ0) is 15.5. The van der Waals surface area contributed by atoms with Crippen molar-refractivity contribution in [1.29, 1.82) is 0 Å². The molecule has 118 valence electrons. The Hall–Kier alpha value is -0.180. The molecule has 0 saturated carbocycles. The number of rotatable bonds is 4. The van der Waals surface area contributed by atoms with Crippen molar-refractivity contribution in [1.82, 2.24) is 9.21 Å². The highest BCUT2D eigenvalue weighted by Gasteiger charge is 2.27. The summed E-state index contributed by atoms with van der Waals surface area (Å²) in [5, 5.41) is 9.46. The summed E-state index contributed by atoms with van der Waals surface area (Å²) >= 11 is 9.17. The number of hydrogen-bond donors (Lipinski definition) is 1. The van der Waals surface area contributed by atoms with E-state index in [0.717, 1.165) is 13.0 Å². The van der Waals surface area contributed by atoms with Gasteiger partial charge in [0.05, 0.1) is 16.5 Å². The molecule has 0 aliphatic carbocycles. The summed E-state index contributed by atoms with van der Waals surface area (Å²) in [4.78, 5) is 2.32. The monoisotopic (exact) mass is 396 g/mol. The van der Waals surface area contributed by atoms with Crippen molar-refractivity contribution in [3.05, 3.63) is 27.7 Å². The average molecular weight is 398 g/mol. The molecule has 1 fully saturated rings. The molecule has 1 aliphatic heterocycles. The van der Waals surface area contributed by atoms with Crippen LogP contribution in [-0.2, 0) is 10.0 Å². The van der Waals surface area contributed by atoms with E-state index in [9.17, 15) is 8.42 Å². The highest BCUT2D eigenvalue weighted by atomic mass is 79.9. The fraction of sp³-hybridized carbons (Fsp3) is 0.538. The Bertz CT molecular complexity index is 597. The second-order valence-corrected chi connectivity index (χ2v) is 8.10. The van der Waals surface area contributed by atoms with E-state index in [2.05, 4.69) is 20.8 Å². The Labute approximate surface area is 138 Å². The molecule has 1 heterocycles. The van der Waals surface area contributed by atoms with E-state index in [1.807, 2.05) is 0 Å². The van der Waals surface area contributed by atoms with Crippen LogP contribution >= 0.6 is 27.5 Å². The van der Waals surface area contributed by atoms with Gasteiger partial charge in [-0.15, -0.1) is 0 Å². The molecule has 2 rings (SSSR count). The first kappa shape index (κ1) is 17.2. The van der Waals surface area contributed by atoms with Crippen LogP contribution in [0.4, 0.5) is 0 Å². The summed E-state index contributed by atoms with van der Waals surface area (Å²) in [5.41, 5.74) is 0. The van der Waals surface area contributed by atoms with E-state index in [0.29, 0.717) is 35.7 Å². The maximum Gasteiger partial charge on any atom is 0.243 e. The minimum absolute atomic E-state index is 0.0941. The molecule has 1 N–H and O–H groups in total. The van der Waals surface area contributed by atoms with Crippen molar-refractivity contribution in [2.45, 2.75) is 11.3 Å². The molecular weight excluding hydrogens is 380 g/mol. The first-order valence-corrected chi connectivity index (χ1v) is 9.34. The molecule has 0 radical (unpaired) electrons. The molecule has 0 atom stereocenters. The fourth-order valence-electron chi connectivity index (χ4n) is 2.34. The fourth-order valence-corrected chi connectivity index (χ4v) is 4.48. The molecule has 0 bridgehead atoms. The molecule has 0 amide bonds. The van der Waals surface area contributed by atoms with Crippen molar-refractivity contribution >= 4 is 37.6 Å². The highest BCUT2D eigenvalue weighted by Crippen LogP contribution is 2.27. The van der Waals surface area contributed by atoms with E-state index in [1.165, 1.54) is 16.4 Å². The van der Waals surface area contributed by atoms with E-state index in [4.69, 9.17) is 16.7 Å². The molecule has 1 aliphatic rings. The van der Waals surface area contributed by atoms with E-state index in [1.54, 1.807) is 6.07 Å². The highest BCUT2D eigenvalue weighted by molar-refractivity contribution is 9.10. The van der Waals surface area contributed by atoms with Crippen LogP contribution in [-0.4, -0.2) is 62.1 Å². The molecule has 5 nitrogen and oxygen atoms in total. The van der Waals surface area contributed by atoms with Gasteiger partial charge in [-0.1, -0.05) is 11.6 Å². The number of aliphatic hydroxyl groups is 1. The summed E-state index contributed by atoms with van der Waals surface area (Å²) in [7, 11) is -3.51. The molecule has 0 unspecified atom stereocenters. The third kappa shape index (κ3) is 4.18. The van der Waals surface area contributed by atoms with Crippen molar-refractivity contribution in [2.75, 3.05) is 39.3 Å². The van der Waals surface area contributed by atoms with Gasteiger partial charge in [0, 0.05) is 30.7 Å². The van der Waals surface area contributed by atoms with Gasteiger partial charge in [-0.2, -0.15) is 4.31 Å². The quantitative estimate of drug-likeness (QED) is 0.841. The number of aliphatic hydroxyl groups excluding tert-OH is 1. The van der Waals surface area contributed by atoms with Crippen molar-refractivity contribution in [2.24, 2.45) is 0 Å². The van der Waals surface area contributed by atoms with Gasteiger partial charge in [-0.3, -0.25) is 4.90 Å². The van der Waals surface area contributed by atoms with Crippen LogP contribution in [0.15, 0.2) is 27.6 Å². The smallest absolute Gasteiger partial charge is 0.243 e. The van der Waals surface area contributed by atoms with Crippen molar-refractivity contribution in [3.8, 4) is 0 Å². The lowest BCUT2D eigenvalue weighted by Crippen LogP contribution is -2.35. The van der Waals surface area contributed by atoms with Gasteiger partial charge in [-0.05, 0) is 47.1 Å². The normalized spacial score (nSPS) is 18.6. The van der Waals surface area contributed by atoms with Crippen LogP contribution in [0.2, 0.25) is 5.02 Å². The Balaban J connectivity index is 2.17. The largest absolute Gasteiger partial charge is 0.395 e. The average Bonchev–Trinajstić information content (AvgIpc) is 2.68. The molecular formula is C13H18BrClN2O3S. The summed E-state index contributed by atoms with van der Waals surface area (Å²) in [6.45, 7) is 3.04. The standard InChI is InChI=1S/C13H18BrClN2O3S/c14-12-10-11(2-3-13(12)15)21(19,20)17-5-1-4-16(6-7-17)8-9-18/h2-3,10,18H,1,4-9H2. The van der Waals surface area contributed by atoms with E-state index in [-0.39, 0.29) is 11.5 Å². The van der Waals surface area contributed by atoms with Gasteiger partial charge in [0.2, 0.25) is 10.0 Å². The van der Waals surface area contributed by atoms with Gasteiger partial charge in [0.25, 0.3) is 0 Å². The Kier molecular flexibility index (Phi) is 6.05. The maximum atomic E-state index is 12.7. The third-order valence-electron chi connectivity index (χ3n) is 3.49. The lowest BCUT2D eigenvalue weighted by atomic mass is 10.4. The summed E-state index contributed by atoms with van der Waals surface area (Å²) in [5.74, 6) is 0. The number of benzene rings is 1. The van der Waals surface area contributed by atoms with Crippen LogP contribution in [0.25, 0.3) is 0 Å². The second-order valence-electron chi connectivity index (χ2n) is 4.90. The molecule has 1 aromatic rings. The zero-order valence-corrected chi connectivity index (χ0v) is 14.7. The Morgan fingerprint density at radius 2 is 2.00 bits per heavy atom. The molecule has 1 aromatic carbocycles. The summed E-state index contributed by atoms with van der Waals surface area (Å²) in [6, 6.07) is 4.64. The van der Waals surface area contributed by atoms with Crippen LogP contribution in [0.3, 0.4) is 0 Å². The predicted molar refractivity (Wildman–Crippen MR) is 86.1 cm³/mol. The summed E-state index contributed by atoms with van der Waals surface area (Å²) < 4.78 is 27.4. The lowest BCUT2D eigenvalue weighted by Gasteiger charge is -2.21. The van der Waals surface area contributed by atoms with Crippen LogP contribution in [0.5, 0.6) is 0 Å². The van der Waals surface area contributed by atoms with Gasteiger partial charge in [-0.25, -0.2) is 8.42 Å². The number of nitrogens with zero attached hydrogens (tertiary/aromatic N) is 2. The van der Waals surface area contributed by atoms with Crippen LogP contribution in [0.1, 0.15) is 6.42 Å². The lowest BCUT2D eigenvalue weighted by molar-refractivity contribution is 0.202. The second kappa shape index (κ2) is 7.39. The van der Waals surface area contributed by atoms with Crippen LogP contribution < -0.4 is 0 Å². The first-order valence-electron chi connectivity index (χ1n) is 6.73. The topological polar surface area (TPSA) is 60.9 Å².